The van der Waals surface area contributed by atoms with Crippen molar-refractivity contribution >= 4 is 46.0 Å². The zero-order chi connectivity index (χ0) is 54.4. The maximum absolute atomic E-state index is 12.3. The molecule has 75 heavy (non-hydrogen) atoms. The normalized spacial score (nSPS) is 10.7. The minimum absolute atomic E-state index is 0.105. The number of azide groups is 2. The van der Waals surface area contributed by atoms with Crippen molar-refractivity contribution in [2.24, 2.45) is 36.4 Å². The van der Waals surface area contributed by atoms with E-state index in [2.05, 4.69) is 55.6 Å². The van der Waals surface area contributed by atoms with E-state index in [1.54, 1.807) is 36.4 Å². The molecule has 0 aromatic heterocycles. The summed E-state index contributed by atoms with van der Waals surface area (Å²) in [6.45, 7) is 14.2. The largest absolute Gasteiger partial charge is 0.478 e. The molecule has 4 aromatic carbocycles. The third-order valence-electron chi connectivity index (χ3n) is 9.82. The van der Waals surface area contributed by atoms with E-state index in [1.165, 1.54) is 12.1 Å². The summed E-state index contributed by atoms with van der Waals surface area (Å²) in [5.41, 5.74) is 26.8. The Balaban J connectivity index is 0.000000429. The first-order valence-electron chi connectivity index (χ1n) is 24.4. The van der Waals surface area contributed by atoms with Crippen molar-refractivity contribution in [1.29, 1.82) is 0 Å². The van der Waals surface area contributed by atoms with Crippen LogP contribution in [0.3, 0.4) is 0 Å². The SMILES string of the molecule is CCN(CCO)c1ccc(N=Nc2ccc(C(=O)NCCOCCOCCOCCN=[N+]=[N-])cc2)cc1.CCN(CCO)c1ccc(N=Nc2ccc(C(=O)O)cc2)cc1.[N-]=[N+]=NCCOCCOCCOCCN. The van der Waals surface area contributed by atoms with E-state index in [9.17, 15) is 9.59 Å². The maximum Gasteiger partial charge on any atom is 0.335 e. The molecule has 0 aliphatic carbocycles. The van der Waals surface area contributed by atoms with Crippen LogP contribution in [0.25, 0.3) is 20.9 Å². The zero-order valence-electron chi connectivity index (χ0n) is 42.8. The number of carbonyl (C=O) groups excluding carboxylic acids is 1. The molecular formula is C50H72N14O11. The van der Waals surface area contributed by atoms with Gasteiger partial charge in [-0.25, -0.2) is 4.79 Å². The zero-order valence-corrected chi connectivity index (χ0v) is 42.8. The molecule has 0 bridgehead atoms. The third kappa shape index (κ3) is 30.6. The summed E-state index contributed by atoms with van der Waals surface area (Å²) in [5.74, 6) is -1.16. The highest BCUT2D eigenvalue weighted by Gasteiger charge is 2.07. The van der Waals surface area contributed by atoms with E-state index in [0.717, 1.165) is 24.5 Å². The Kier molecular flexibility index (Phi) is 36.9. The fourth-order valence-corrected chi connectivity index (χ4v) is 6.03. The molecule has 0 heterocycles. The number of amides is 1. The van der Waals surface area contributed by atoms with Gasteiger partial charge >= 0.3 is 5.97 Å². The first-order valence-corrected chi connectivity index (χ1v) is 24.4. The van der Waals surface area contributed by atoms with Gasteiger partial charge in [0.05, 0.1) is 121 Å². The number of carboxylic acids is 1. The topological polar surface area (TPSA) is 342 Å². The van der Waals surface area contributed by atoms with Gasteiger partial charge in [-0.3, -0.25) is 4.79 Å². The van der Waals surface area contributed by atoms with Crippen LogP contribution < -0.4 is 20.9 Å². The number of benzene rings is 4. The van der Waals surface area contributed by atoms with E-state index in [1.807, 2.05) is 62.4 Å². The van der Waals surface area contributed by atoms with Crippen LogP contribution in [0.4, 0.5) is 34.1 Å². The van der Waals surface area contributed by atoms with E-state index in [0.29, 0.717) is 147 Å². The Morgan fingerprint density at radius 1 is 0.520 bits per heavy atom. The molecule has 0 saturated heterocycles. The molecule has 0 aliphatic heterocycles. The van der Waals surface area contributed by atoms with Gasteiger partial charge in [0.2, 0.25) is 0 Å². The van der Waals surface area contributed by atoms with Gasteiger partial charge in [0, 0.05) is 79.1 Å². The molecule has 0 unspecified atom stereocenters. The lowest BCUT2D eigenvalue weighted by molar-refractivity contribution is 0.0166. The molecule has 1 amide bonds. The van der Waals surface area contributed by atoms with E-state index >= 15 is 0 Å². The van der Waals surface area contributed by atoms with Crippen molar-refractivity contribution in [1.82, 2.24) is 5.32 Å². The standard InChI is InChI=1S/C25H35N7O5.C17H19N3O3.C8H18N4O3/c1-2-32(13-14-33)24-9-7-23(8-10-24)30-29-22-5-3-21(4-6-22)25(34)27-11-15-35-17-19-37-20-18-36-16-12-28-31-26;1-2-20(11-12-21)16-9-7-15(8-10-16)19-18-14-5-3-13(4-6-14)17(22)23;9-1-3-13-5-7-15-8-6-14-4-2-11-12-10/h3-10,33H,2,11-20H2,1H3,(H,27,34);3-10,21H,2,11-12H2,1H3,(H,22,23);1-9H2. The Bertz CT molecular complexity index is 2270. The van der Waals surface area contributed by atoms with Gasteiger partial charge in [-0.05, 0) is 122 Å². The van der Waals surface area contributed by atoms with Crippen molar-refractivity contribution in [2.75, 3.05) is 155 Å². The molecule has 25 heteroatoms. The van der Waals surface area contributed by atoms with Crippen molar-refractivity contribution in [3.05, 3.63) is 129 Å². The van der Waals surface area contributed by atoms with Crippen LogP contribution in [0, 0.1) is 0 Å². The molecule has 4 aromatic rings. The molecular weight excluding hydrogens is 973 g/mol. The number of azo groups is 2. The van der Waals surface area contributed by atoms with Crippen molar-refractivity contribution in [3.8, 4) is 0 Å². The van der Waals surface area contributed by atoms with Gasteiger partial charge < -0.3 is 64.6 Å². The van der Waals surface area contributed by atoms with Gasteiger partial charge in [-0.1, -0.05) is 10.2 Å². The molecule has 25 nitrogen and oxygen atoms in total. The van der Waals surface area contributed by atoms with Crippen molar-refractivity contribution in [2.45, 2.75) is 13.8 Å². The van der Waals surface area contributed by atoms with Gasteiger partial charge in [0.1, 0.15) is 0 Å². The van der Waals surface area contributed by atoms with E-state index in [4.69, 9.17) is 60.5 Å². The molecule has 0 spiro atoms. The van der Waals surface area contributed by atoms with Gasteiger partial charge in [0.15, 0.2) is 0 Å². The number of aliphatic hydroxyl groups is 2. The monoisotopic (exact) mass is 1040 g/mol. The highest BCUT2D eigenvalue weighted by molar-refractivity contribution is 5.94. The fraction of sp³-hybridized carbons (Fsp3) is 0.480. The quantitative estimate of drug-likeness (QED) is 0.0124. The molecule has 0 fully saturated rings. The summed E-state index contributed by atoms with van der Waals surface area (Å²) in [5, 5.41) is 53.2. The van der Waals surface area contributed by atoms with E-state index in [-0.39, 0.29) is 24.7 Å². The van der Waals surface area contributed by atoms with Crippen LogP contribution in [0.2, 0.25) is 0 Å². The van der Waals surface area contributed by atoms with E-state index < -0.39 is 5.97 Å². The highest BCUT2D eigenvalue weighted by Crippen LogP contribution is 2.24. The van der Waals surface area contributed by atoms with Crippen LogP contribution in [0.1, 0.15) is 34.6 Å². The second-order valence-corrected chi connectivity index (χ2v) is 15.1. The predicted octanol–water partition coefficient (Wildman–Crippen LogP) is 7.93. The number of aromatic carboxylic acids is 1. The fourth-order valence-electron chi connectivity index (χ4n) is 6.03. The lowest BCUT2D eigenvalue weighted by atomic mass is 10.2. The minimum atomic E-state index is -0.965. The Morgan fingerprint density at radius 3 is 1.19 bits per heavy atom. The number of carboxylic acid groups (broad SMARTS) is 1. The first-order chi connectivity index (χ1) is 36.7. The predicted molar refractivity (Wildman–Crippen MR) is 285 cm³/mol. The molecule has 0 saturated carbocycles. The number of nitrogens with zero attached hydrogens (tertiary/aromatic N) is 12. The summed E-state index contributed by atoms with van der Waals surface area (Å²) in [4.78, 5) is 32.4. The number of hydrogen-bond donors (Lipinski definition) is 5. The number of carbonyl (C=O) groups is 2. The lowest BCUT2D eigenvalue weighted by Crippen LogP contribution is -2.27. The molecule has 0 atom stereocenters. The Morgan fingerprint density at radius 2 is 0.853 bits per heavy atom. The van der Waals surface area contributed by atoms with Crippen LogP contribution >= 0.6 is 0 Å². The lowest BCUT2D eigenvalue weighted by Gasteiger charge is -2.21. The van der Waals surface area contributed by atoms with Crippen LogP contribution in [-0.2, 0) is 28.4 Å². The highest BCUT2D eigenvalue weighted by atomic mass is 16.5. The number of hydrogen-bond acceptors (Lipinski definition) is 19. The number of nitrogens with two attached hydrogens (primary N) is 1. The number of nitrogens with one attached hydrogen (secondary N) is 1. The average molecular weight is 1050 g/mol. The summed E-state index contributed by atoms with van der Waals surface area (Å²) in [7, 11) is 0. The van der Waals surface area contributed by atoms with Gasteiger partial charge in [-0.15, -0.1) is 0 Å². The number of likely N-dealkylation sites (N-methyl/N-ethyl adjacent to an activating group) is 2. The van der Waals surface area contributed by atoms with Crippen LogP contribution in [0.15, 0.2) is 128 Å². The number of rotatable bonds is 37. The van der Waals surface area contributed by atoms with Crippen LogP contribution in [0.5, 0.6) is 0 Å². The summed E-state index contributed by atoms with van der Waals surface area (Å²) >= 11 is 0. The number of anilines is 2. The average Bonchev–Trinajstić information content (AvgIpc) is 3.44. The first kappa shape index (κ1) is 64.0. The Hall–Kier alpha value is -7.12. The summed E-state index contributed by atoms with van der Waals surface area (Å²) < 4.78 is 31.4. The molecule has 0 radical (unpaired) electrons. The number of aliphatic hydroxyl groups excluding tert-OH is 2. The Labute approximate surface area is 437 Å². The molecule has 6 N–H and O–H groups in total. The molecule has 0 aliphatic rings. The second kappa shape index (κ2) is 43.3. The maximum atomic E-state index is 12.3. The molecule has 4 rings (SSSR count). The van der Waals surface area contributed by atoms with Crippen molar-refractivity contribution < 1.29 is 53.3 Å². The third-order valence-corrected chi connectivity index (χ3v) is 9.82. The summed E-state index contributed by atoms with van der Waals surface area (Å²) in [6.07, 6.45) is 0. The smallest absolute Gasteiger partial charge is 0.335 e. The summed E-state index contributed by atoms with van der Waals surface area (Å²) in [6, 6.07) is 28.3. The number of ether oxygens (including phenoxy) is 6. The minimum Gasteiger partial charge on any atom is -0.478 e. The van der Waals surface area contributed by atoms with Crippen LogP contribution in [-0.4, -0.2) is 172 Å². The van der Waals surface area contributed by atoms with Gasteiger partial charge in [-0.2, -0.15) is 20.5 Å². The van der Waals surface area contributed by atoms with Gasteiger partial charge in [0.25, 0.3) is 5.91 Å². The molecule has 408 valence electrons. The second-order valence-electron chi connectivity index (χ2n) is 15.1. The van der Waals surface area contributed by atoms with Crippen molar-refractivity contribution in [3.63, 3.8) is 0 Å².